The number of halogens is 2. The minimum atomic E-state index is -1.29. The summed E-state index contributed by atoms with van der Waals surface area (Å²) in [6.07, 6.45) is -1.29. The minimum absolute atomic E-state index is 0.000800. The number of carbonyl (C=O) groups excluding carboxylic acids is 2. The number of aliphatic hydroxyl groups excluding tert-OH is 1. The Hall–Kier alpha value is -3.31. The van der Waals surface area contributed by atoms with Crippen LogP contribution in [0.25, 0.3) is 0 Å². The number of benzene rings is 1. The first kappa shape index (κ1) is 22.9. The van der Waals surface area contributed by atoms with E-state index >= 15 is 4.39 Å². The number of aliphatic hydroxyl groups is 1. The van der Waals surface area contributed by atoms with Crippen LogP contribution in [0.2, 0.25) is 0 Å². The highest BCUT2D eigenvalue weighted by molar-refractivity contribution is 6.01. The largest absolute Gasteiger partial charge is 0.363 e. The second-order valence-corrected chi connectivity index (χ2v) is 8.26. The van der Waals surface area contributed by atoms with Crippen LogP contribution in [-0.2, 0) is 6.54 Å². The van der Waals surface area contributed by atoms with Crippen LogP contribution in [0.3, 0.4) is 0 Å². The van der Waals surface area contributed by atoms with Crippen LogP contribution in [0, 0.1) is 11.8 Å². The molecule has 0 aliphatic carbocycles. The van der Waals surface area contributed by atoms with E-state index in [2.05, 4.69) is 15.6 Å². The van der Waals surface area contributed by atoms with Crippen molar-refractivity contribution in [1.82, 2.24) is 20.1 Å². The van der Waals surface area contributed by atoms with Crippen LogP contribution in [0.1, 0.15) is 33.3 Å². The lowest BCUT2D eigenvalue weighted by Gasteiger charge is -2.41. The molecule has 2 amide bonds. The van der Waals surface area contributed by atoms with E-state index in [1.54, 1.807) is 18.2 Å². The van der Waals surface area contributed by atoms with E-state index in [4.69, 9.17) is 0 Å². The third-order valence-corrected chi connectivity index (χ3v) is 6.12. The quantitative estimate of drug-likeness (QED) is 0.590. The Morgan fingerprint density at radius 2 is 2.03 bits per heavy atom. The van der Waals surface area contributed by atoms with Crippen molar-refractivity contribution in [3.8, 4) is 0 Å². The number of rotatable bonds is 4. The van der Waals surface area contributed by atoms with Crippen LogP contribution in [0.4, 0.5) is 20.2 Å². The lowest BCUT2D eigenvalue weighted by molar-refractivity contribution is 0.0298. The summed E-state index contributed by atoms with van der Waals surface area (Å²) in [5.41, 5.74) is 0.894. The summed E-state index contributed by atoms with van der Waals surface area (Å²) >= 11 is 0. The van der Waals surface area contributed by atoms with Crippen molar-refractivity contribution in [2.45, 2.75) is 25.9 Å². The number of aromatic nitrogens is 1. The number of nitrogens with one attached hydrogen (secondary N) is 2. The molecule has 1 aromatic carbocycles. The Bertz CT molecular complexity index is 1100. The number of hydrogen-bond acceptors (Lipinski definition) is 7. The van der Waals surface area contributed by atoms with Gasteiger partial charge in [-0.1, -0.05) is 6.07 Å². The Labute approximate surface area is 190 Å². The summed E-state index contributed by atoms with van der Waals surface area (Å²) in [5, 5.41) is 15.0. The van der Waals surface area contributed by atoms with E-state index < -0.39 is 29.9 Å². The van der Waals surface area contributed by atoms with Gasteiger partial charge in [-0.05, 0) is 25.1 Å². The maximum absolute atomic E-state index is 15.1. The van der Waals surface area contributed by atoms with Gasteiger partial charge in [0.05, 0.1) is 16.9 Å². The summed E-state index contributed by atoms with van der Waals surface area (Å²) in [5.74, 6) is -2.19. The highest BCUT2D eigenvalue weighted by Crippen LogP contribution is 2.30. The molecule has 2 unspecified atom stereocenters. The summed E-state index contributed by atoms with van der Waals surface area (Å²) in [6, 6.07) is 6.08. The number of piperazine rings is 1. The molecule has 0 saturated carbocycles. The minimum Gasteiger partial charge on any atom is -0.363 e. The molecule has 0 bridgehead atoms. The molecule has 9 nitrogen and oxygen atoms in total. The Kier molecular flexibility index (Phi) is 6.17. The monoisotopic (exact) mass is 460 g/mol. The standard InChI is InChI=1S/C22H26F2N6O3/c1-12-10-29(8-9-30(12)16-7-6-15(20(31)25-2)26-19(16)24)11-13-4-5-14-18(17(13)23)27-22(33)28(3)21(14)32/h4-7,12,22,27,33H,8-11H2,1-3H3,(H,25,31). The molecule has 11 heteroatoms. The zero-order chi connectivity index (χ0) is 23.9. The lowest BCUT2D eigenvalue weighted by atomic mass is 10.0. The van der Waals surface area contributed by atoms with Gasteiger partial charge < -0.3 is 20.6 Å². The van der Waals surface area contributed by atoms with Crippen LogP contribution in [-0.4, -0.2) is 77.8 Å². The SMILES string of the molecule is CNC(=O)c1ccc(N2CCN(Cc3ccc4c(c3F)NC(O)N(C)C4=O)CC2C)c(F)n1. The number of nitrogens with zero attached hydrogens (tertiary/aromatic N) is 4. The van der Waals surface area contributed by atoms with E-state index in [0.717, 1.165) is 4.90 Å². The van der Waals surface area contributed by atoms with Gasteiger partial charge in [0.1, 0.15) is 5.69 Å². The van der Waals surface area contributed by atoms with Gasteiger partial charge in [0, 0.05) is 51.9 Å². The second-order valence-electron chi connectivity index (χ2n) is 8.26. The molecule has 2 aromatic rings. The van der Waals surface area contributed by atoms with E-state index in [1.807, 2.05) is 16.7 Å². The van der Waals surface area contributed by atoms with Crippen LogP contribution in [0.15, 0.2) is 24.3 Å². The molecule has 2 atom stereocenters. The Balaban J connectivity index is 1.47. The summed E-state index contributed by atoms with van der Waals surface area (Å²) in [4.78, 5) is 32.7. The lowest BCUT2D eigenvalue weighted by Crippen LogP contribution is -2.52. The van der Waals surface area contributed by atoms with Crippen molar-refractivity contribution in [3.05, 3.63) is 52.9 Å². The number of pyridine rings is 1. The molecule has 0 radical (unpaired) electrons. The fourth-order valence-electron chi connectivity index (χ4n) is 4.26. The van der Waals surface area contributed by atoms with Gasteiger partial charge in [0.15, 0.2) is 5.82 Å². The molecule has 1 fully saturated rings. The highest BCUT2D eigenvalue weighted by atomic mass is 19.1. The molecule has 33 heavy (non-hydrogen) atoms. The van der Waals surface area contributed by atoms with Crippen LogP contribution < -0.4 is 15.5 Å². The Morgan fingerprint density at radius 3 is 2.70 bits per heavy atom. The number of amides is 2. The predicted octanol–water partition coefficient (Wildman–Crippen LogP) is 1.20. The van der Waals surface area contributed by atoms with Gasteiger partial charge >= 0.3 is 0 Å². The van der Waals surface area contributed by atoms with Crippen molar-refractivity contribution in [1.29, 1.82) is 0 Å². The molecule has 1 saturated heterocycles. The second kappa shape index (κ2) is 8.91. The molecular formula is C22H26F2N6O3. The Morgan fingerprint density at radius 1 is 1.27 bits per heavy atom. The van der Waals surface area contributed by atoms with E-state index in [0.29, 0.717) is 37.4 Å². The van der Waals surface area contributed by atoms with Gasteiger partial charge in [0.25, 0.3) is 11.8 Å². The normalized spacial score (nSPS) is 21.0. The molecule has 2 aliphatic rings. The third-order valence-electron chi connectivity index (χ3n) is 6.12. The first-order valence-electron chi connectivity index (χ1n) is 10.6. The molecule has 2 aliphatic heterocycles. The maximum Gasteiger partial charge on any atom is 0.269 e. The zero-order valence-electron chi connectivity index (χ0n) is 18.6. The van der Waals surface area contributed by atoms with Crippen molar-refractivity contribution in [3.63, 3.8) is 0 Å². The van der Waals surface area contributed by atoms with Gasteiger partial charge in [-0.25, -0.2) is 9.37 Å². The average Bonchev–Trinajstić information content (AvgIpc) is 2.79. The first-order valence-corrected chi connectivity index (χ1v) is 10.6. The number of hydrogen-bond donors (Lipinski definition) is 3. The van der Waals surface area contributed by atoms with E-state index in [1.165, 1.54) is 20.2 Å². The number of fused-ring (bicyclic) bond motifs is 1. The average molecular weight is 460 g/mol. The van der Waals surface area contributed by atoms with Gasteiger partial charge in [-0.2, -0.15) is 4.39 Å². The molecule has 1 aromatic heterocycles. The van der Waals surface area contributed by atoms with Gasteiger partial charge in [0.2, 0.25) is 12.3 Å². The number of anilines is 2. The summed E-state index contributed by atoms with van der Waals surface area (Å²) in [7, 11) is 2.89. The van der Waals surface area contributed by atoms with Crippen molar-refractivity contribution in [2.75, 3.05) is 43.9 Å². The fourth-order valence-corrected chi connectivity index (χ4v) is 4.26. The molecule has 3 heterocycles. The first-order chi connectivity index (χ1) is 15.7. The summed E-state index contributed by atoms with van der Waals surface area (Å²) in [6.45, 7) is 3.83. The maximum atomic E-state index is 15.1. The smallest absolute Gasteiger partial charge is 0.269 e. The number of carbonyl (C=O) groups is 2. The molecule has 0 spiro atoms. The molecule has 3 N–H and O–H groups in total. The van der Waals surface area contributed by atoms with Crippen LogP contribution >= 0.6 is 0 Å². The zero-order valence-corrected chi connectivity index (χ0v) is 18.6. The van der Waals surface area contributed by atoms with Crippen molar-refractivity contribution < 1.29 is 23.5 Å². The van der Waals surface area contributed by atoms with Crippen molar-refractivity contribution in [2.24, 2.45) is 0 Å². The predicted molar refractivity (Wildman–Crippen MR) is 118 cm³/mol. The fraction of sp³-hybridized carbons (Fsp3) is 0.409. The molecule has 176 valence electrons. The summed E-state index contributed by atoms with van der Waals surface area (Å²) < 4.78 is 29.7. The molecular weight excluding hydrogens is 434 g/mol. The molecule has 4 rings (SSSR count). The van der Waals surface area contributed by atoms with Gasteiger partial charge in [-0.15, -0.1) is 0 Å². The topological polar surface area (TPSA) is 101 Å². The highest BCUT2D eigenvalue weighted by Gasteiger charge is 2.32. The van der Waals surface area contributed by atoms with Crippen molar-refractivity contribution >= 4 is 23.2 Å². The third kappa shape index (κ3) is 4.21. The van der Waals surface area contributed by atoms with E-state index in [-0.39, 0.29) is 23.0 Å². The van der Waals surface area contributed by atoms with Gasteiger partial charge in [-0.3, -0.25) is 19.4 Å². The van der Waals surface area contributed by atoms with E-state index in [9.17, 15) is 19.1 Å². The van der Waals surface area contributed by atoms with Crippen LogP contribution in [0.5, 0.6) is 0 Å².